The standard InChI is InChI=1S/C30H33ClFN5O5S/c1-42-29(40)24-23(34-26(27-33-9-11-43-27)35-25(24)21-7-4-18(32)14-22(21)31)12-16-2-5-20-15-37(30(41)36(20)10-8-16)19-6-3-17(13-19)28(38)39/h4,7,9,11,14,16-17,19-20,25H,2-3,5-6,8,10,12-13,15H2,1H3,(H,34,35)(H,38,39)/t16?,17?,19?,20-,25-/m0/s1. The number of carboxylic acids is 1. The molecule has 0 spiro atoms. The maximum Gasteiger partial charge on any atom is 0.338 e. The summed E-state index contributed by atoms with van der Waals surface area (Å²) in [6, 6.07) is 3.28. The zero-order valence-corrected chi connectivity index (χ0v) is 25.2. The first-order chi connectivity index (χ1) is 20.7. The second-order valence-electron chi connectivity index (χ2n) is 11.6. The molecule has 1 aromatic carbocycles. The largest absolute Gasteiger partial charge is 0.481 e. The molecule has 2 N–H and O–H groups in total. The quantitative estimate of drug-likeness (QED) is 0.413. The van der Waals surface area contributed by atoms with Gasteiger partial charge in [0, 0.05) is 47.0 Å². The number of carbonyl (C=O) groups excluding carboxylic acids is 2. The first-order valence-electron chi connectivity index (χ1n) is 14.5. The molecule has 13 heteroatoms. The van der Waals surface area contributed by atoms with Crippen LogP contribution in [0, 0.1) is 17.7 Å². The molecule has 0 bridgehead atoms. The molecule has 0 radical (unpaired) electrons. The van der Waals surface area contributed by atoms with Crippen molar-refractivity contribution in [1.82, 2.24) is 20.1 Å². The van der Waals surface area contributed by atoms with Gasteiger partial charge in [-0.2, -0.15) is 0 Å². The number of allylic oxidation sites excluding steroid dienone is 1. The summed E-state index contributed by atoms with van der Waals surface area (Å²) in [4.78, 5) is 51.2. The fraction of sp³-hybridized carbons (Fsp3) is 0.500. The van der Waals surface area contributed by atoms with Crippen molar-refractivity contribution < 1.29 is 28.6 Å². The number of nitrogens with one attached hydrogen (secondary N) is 1. The highest BCUT2D eigenvalue weighted by Crippen LogP contribution is 2.40. The van der Waals surface area contributed by atoms with Crippen LogP contribution in [0.4, 0.5) is 9.18 Å². The number of fused-ring (bicyclic) bond motifs is 1. The van der Waals surface area contributed by atoms with Crippen molar-refractivity contribution in [2.24, 2.45) is 16.8 Å². The second kappa shape index (κ2) is 12.2. The van der Waals surface area contributed by atoms with E-state index in [0.717, 1.165) is 25.7 Å². The number of benzene rings is 1. The number of ether oxygens (including phenoxy) is 1. The molecule has 2 saturated heterocycles. The van der Waals surface area contributed by atoms with E-state index in [1.54, 1.807) is 6.20 Å². The van der Waals surface area contributed by atoms with Crippen LogP contribution in [0.3, 0.4) is 0 Å². The number of aliphatic carboxylic acids is 1. The number of amidine groups is 1. The average Bonchev–Trinajstić information content (AvgIpc) is 3.73. The number of carbonyl (C=O) groups is 3. The Morgan fingerprint density at radius 1 is 1.19 bits per heavy atom. The topological polar surface area (TPSA) is 124 Å². The Morgan fingerprint density at radius 3 is 2.70 bits per heavy atom. The highest BCUT2D eigenvalue weighted by molar-refractivity contribution is 7.11. The van der Waals surface area contributed by atoms with Gasteiger partial charge >= 0.3 is 18.0 Å². The van der Waals surface area contributed by atoms with Crippen molar-refractivity contribution in [3.8, 4) is 0 Å². The number of nitrogens with zero attached hydrogens (tertiary/aromatic N) is 4. The lowest BCUT2D eigenvalue weighted by atomic mass is 9.88. The molecular weight excluding hydrogens is 597 g/mol. The third-order valence-electron chi connectivity index (χ3n) is 9.14. The Bertz CT molecular complexity index is 1480. The zero-order valence-electron chi connectivity index (χ0n) is 23.7. The lowest BCUT2D eigenvalue weighted by Crippen LogP contribution is -2.39. The molecule has 4 aliphatic rings. The number of aliphatic imine (C=N–C) groups is 1. The van der Waals surface area contributed by atoms with Gasteiger partial charge in [0.25, 0.3) is 0 Å². The molecule has 1 aliphatic carbocycles. The van der Waals surface area contributed by atoms with Crippen LogP contribution in [0.2, 0.25) is 5.02 Å². The summed E-state index contributed by atoms with van der Waals surface area (Å²) in [5.74, 6) is -1.54. The summed E-state index contributed by atoms with van der Waals surface area (Å²) in [5.41, 5.74) is 1.46. The molecule has 3 unspecified atom stereocenters. The van der Waals surface area contributed by atoms with Gasteiger partial charge < -0.3 is 25.0 Å². The van der Waals surface area contributed by atoms with Crippen LogP contribution in [-0.2, 0) is 14.3 Å². The highest BCUT2D eigenvalue weighted by atomic mass is 35.5. The first kappa shape index (κ1) is 29.6. The Morgan fingerprint density at radius 2 is 2.00 bits per heavy atom. The molecule has 3 aliphatic heterocycles. The fourth-order valence-corrected chi connectivity index (χ4v) is 7.77. The SMILES string of the molecule is COC(=O)C1=C(CC2CC[C@H]3CN(C4CCC(C(=O)O)C4)C(=O)N3CC2)NC(c2nccs2)=N[C@H]1c1ccc(F)cc1Cl. The normalized spacial score (nSPS) is 27.5. The summed E-state index contributed by atoms with van der Waals surface area (Å²) < 4.78 is 19.1. The van der Waals surface area contributed by atoms with Crippen molar-refractivity contribution >= 4 is 46.7 Å². The molecule has 10 nitrogen and oxygen atoms in total. The molecule has 3 fully saturated rings. The number of halogens is 2. The number of hydrogen-bond donors (Lipinski definition) is 2. The molecule has 5 atom stereocenters. The van der Waals surface area contributed by atoms with E-state index in [9.17, 15) is 23.9 Å². The maximum atomic E-state index is 13.9. The van der Waals surface area contributed by atoms with E-state index in [-0.39, 0.29) is 35.0 Å². The molecule has 2 amide bonds. The third kappa shape index (κ3) is 5.86. The van der Waals surface area contributed by atoms with Crippen molar-refractivity contribution in [2.45, 2.75) is 63.1 Å². The smallest absolute Gasteiger partial charge is 0.338 e. The number of urea groups is 1. The van der Waals surface area contributed by atoms with E-state index in [2.05, 4.69) is 10.3 Å². The van der Waals surface area contributed by atoms with Crippen LogP contribution in [0.15, 0.2) is 46.0 Å². The Kier molecular flexibility index (Phi) is 8.41. The lowest BCUT2D eigenvalue weighted by Gasteiger charge is -2.29. The summed E-state index contributed by atoms with van der Waals surface area (Å²) in [6.07, 6.45) is 6.44. The molecule has 43 heavy (non-hydrogen) atoms. The minimum Gasteiger partial charge on any atom is -0.481 e. The number of thiazole rings is 1. The Labute approximate surface area is 257 Å². The Hall–Kier alpha value is -3.51. The van der Waals surface area contributed by atoms with Gasteiger partial charge in [0.15, 0.2) is 10.8 Å². The highest BCUT2D eigenvalue weighted by Gasteiger charge is 2.45. The predicted molar refractivity (Wildman–Crippen MR) is 158 cm³/mol. The summed E-state index contributed by atoms with van der Waals surface area (Å²) in [5, 5.41) is 15.4. The van der Waals surface area contributed by atoms with Crippen LogP contribution >= 0.6 is 22.9 Å². The van der Waals surface area contributed by atoms with Gasteiger partial charge in [-0.05, 0) is 63.0 Å². The monoisotopic (exact) mass is 629 g/mol. The van der Waals surface area contributed by atoms with Crippen molar-refractivity contribution in [3.05, 3.63) is 62.5 Å². The molecule has 228 valence electrons. The van der Waals surface area contributed by atoms with Crippen LogP contribution in [0.25, 0.3) is 0 Å². The molecule has 2 aromatic rings. The van der Waals surface area contributed by atoms with E-state index in [1.807, 2.05) is 15.2 Å². The predicted octanol–water partition coefficient (Wildman–Crippen LogP) is 5.00. The molecule has 6 rings (SSSR count). The number of hydrogen-bond acceptors (Lipinski definition) is 8. The average molecular weight is 630 g/mol. The molecule has 1 aromatic heterocycles. The van der Waals surface area contributed by atoms with E-state index in [4.69, 9.17) is 21.3 Å². The second-order valence-corrected chi connectivity index (χ2v) is 12.9. The van der Waals surface area contributed by atoms with Crippen molar-refractivity contribution in [1.29, 1.82) is 0 Å². The van der Waals surface area contributed by atoms with E-state index >= 15 is 0 Å². The van der Waals surface area contributed by atoms with E-state index in [0.29, 0.717) is 60.0 Å². The maximum absolute atomic E-state index is 13.9. The van der Waals surface area contributed by atoms with Crippen molar-refractivity contribution in [2.75, 3.05) is 20.2 Å². The van der Waals surface area contributed by atoms with Crippen LogP contribution in [0.1, 0.15) is 61.6 Å². The van der Waals surface area contributed by atoms with Gasteiger partial charge in [0.1, 0.15) is 11.9 Å². The summed E-state index contributed by atoms with van der Waals surface area (Å²) in [7, 11) is 1.32. The van der Waals surface area contributed by atoms with Gasteiger partial charge in [-0.1, -0.05) is 17.7 Å². The summed E-state index contributed by atoms with van der Waals surface area (Å²) in [6.45, 7) is 1.20. The number of carboxylic acid groups (broad SMARTS) is 1. The van der Waals surface area contributed by atoms with Gasteiger partial charge in [0.05, 0.1) is 24.6 Å². The number of esters is 1. The number of rotatable bonds is 7. The van der Waals surface area contributed by atoms with Crippen LogP contribution in [0.5, 0.6) is 0 Å². The van der Waals surface area contributed by atoms with Gasteiger partial charge in [-0.25, -0.2) is 19.0 Å². The van der Waals surface area contributed by atoms with Crippen LogP contribution in [-0.4, -0.2) is 76.0 Å². The third-order valence-corrected chi connectivity index (χ3v) is 10.2. The number of aromatic nitrogens is 1. The van der Waals surface area contributed by atoms with Gasteiger partial charge in [0.2, 0.25) is 0 Å². The van der Waals surface area contributed by atoms with Crippen LogP contribution < -0.4 is 5.32 Å². The lowest BCUT2D eigenvalue weighted by molar-refractivity contribution is -0.141. The molecule has 4 heterocycles. The number of methoxy groups -OCH3 is 1. The van der Waals surface area contributed by atoms with E-state index in [1.165, 1.54) is 36.6 Å². The number of amides is 2. The Balaban J connectivity index is 1.23. The first-order valence-corrected chi connectivity index (χ1v) is 15.8. The van der Waals surface area contributed by atoms with Gasteiger partial charge in [-0.15, -0.1) is 11.3 Å². The van der Waals surface area contributed by atoms with Gasteiger partial charge in [-0.3, -0.25) is 9.79 Å². The fourth-order valence-electron chi connectivity index (χ4n) is 6.91. The van der Waals surface area contributed by atoms with Crippen molar-refractivity contribution in [3.63, 3.8) is 0 Å². The minimum atomic E-state index is -0.819. The van der Waals surface area contributed by atoms with E-state index < -0.39 is 23.8 Å². The minimum absolute atomic E-state index is 0.00356. The molecular formula is C30H33ClFN5O5S. The zero-order chi connectivity index (χ0) is 30.2. The molecule has 1 saturated carbocycles. The summed E-state index contributed by atoms with van der Waals surface area (Å²) >= 11 is 7.88.